The zero-order chi connectivity index (χ0) is 15.9. The maximum atomic E-state index is 11.6. The van der Waals surface area contributed by atoms with Gasteiger partial charge < -0.3 is 10.1 Å². The summed E-state index contributed by atoms with van der Waals surface area (Å²) in [5, 5.41) is 2.88. The standard InChI is InChI=1S/C17H20BrNO3/c1-12-6-7-13(15(18)10-12)8-9-17(21)22-11-16(20)19-14-4-2-3-5-14/h6-10,14H,2-5,11H2,1H3,(H,19,20)/b9-8+. The number of nitrogens with one attached hydrogen (secondary N) is 1. The zero-order valence-electron chi connectivity index (χ0n) is 12.6. The summed E-state index contributed by atoms with van der Waals surface area (Å²) in [7, 11) is 0. The molecule has 0 saturated heterocycles. The summed E-state index contributed by atoms with van der Waals surface area (Å²) in [4.78, 5) is 23.3. The summed E-state index contributed by atoms with van der Waals surface area (Å²) in [5.41, 5.74) is 2.02. The van der Waals surface area contributed by atoms with E-state index in [0.717, 1.165) is 41.3 Å². The molecule has 0 aromatic heterocycles. The molecule has 0 radical (unpaired) electrons. The lowest BCUT2D eigenvalue weighted by Crippen LogP contribution is -2.35. The highest BCUT2D eigenvalue weighted by atomic mass is 79.9. The molecule has 0 bridgehead atoms. The lowest BCUT2D eigenvalue weighted by atomic mass is 10.1. The van der Waals surface area contributed by atoms with Crippen molar-refractivity contribution in [2.75, 3.05) is 6.61 Å². The van der Waals surface area contributed by atoms with Crippen molar-refractivity contribution >= 4 is 33.9 Å². The van der Waals surface area contributed by atoms with Crippen molar-refractivity contribution in [3.8, 4) is 0 Å². The summed E-state index contributed by atoms with van der Waals surface area (Å²) < 4.78 is 5.86. The predicted octanol–water partition coefficient (Wildman–Crippen LogP) is 3.37. The lowest BCUT2D eigenvalue weighted by Gasteiger charge is -2.11. The fourth-order valence-corrected chi connectivity index (χ4v) is 3.07. The fraction of sp³-hybridized carbons (Fsp3) is 0.412. The Hall–Kier alpha value is -1.62. The Kier molecular flexibility index (Phi) is 6.19. The maximum Gasteiger partial charge on any atom is 0.331 e. The molecule has 1 fully saturated rings. The second-order valence-corrected chi connectivity index (χ2v) is 6.37. The molecule has 0 atom stereocenters. The Morgan fingerprint density at radius 3 is 2.77 bits per heavy atom. The van der Waals surface area contributed by atoms with E-state index >= 15 is 0 Å². The third-order valence-corrected chi connectivity index (χ3v) is 4.31. The van der Waals surface area contributed by atoms with Crippen LogP contribution in [0.15, 0.2) is 28.7 Å². The van der Waals surface area contributed by atoms with Crippen LogP contribution in [0.25, 0.3) is 6.08 Å². The SMILES string of the molecule is Cc1ccc(/C=C/C(=O)OCC(=O)NC2CCCC2)c(Br)c1. The van der Waals surface area contributed by atoms with Gasteiger partial charge in [-0.15, -0.1) is 0 Å². The van der Waals surface area contributed by atoms with Crippen molar-refractivity contribution in [2.45, 2.75) is 38.6 Å². The number of carbonyl (C=O) groups is 2. The van der Waals surface area contributed by atoms with Gasteiger partial charge >= 0.3 is 5.97 Å². The minimum Gasteiger partial charge on any atom is -0.452 e. The van der Waals surface area contributed by atoms with Gasteiger partial charge in [-0.05, 0) is 43.0 Å². The Morgan fingerprint density at radius 1 is 1.36 bits per heavy atom. The first kappa shape index (κ1) is 16.7. The molecule has 0 unspecified atom stereocenters. The van der Waals surface area contributed by atoms with E-state index in [1.807, 2.05) is 25.1 Å². The highest BCUT2D eigenvalue weighted by Gasteiger charge is 2.17. The van der Waals surface area contributed by atoms with Crippen molar-refractivity contribution in [3.63, 3.8) is 0 Å². The Balaban J connectivity index is 1.77. The van der Waals surface area contributed by atoms with Gasteiger partial charge in [0.15, 0.2) is 6.61 Å². The molecule has 1 saturated carbocycles. The number of aryl methyl sites for hydroxylation is 1. The van der Waals surface area contributed by atoms with Crippen LogP contribution in [-0.4, -0.2) is 24.5 Å². The molecule has 22 heavy (non-hydrogen) atoms. The summed E-state index contributed by atoms with van der Waals surface area (Å²) in [6.45, 7) is 1.77. The van der Waals surface area contributed by atoms with Crippen LogP contribution in [0.2, 0.25) is 0 Å². The number of rotatable bonds is 5. The normalized spacial score (nSPS) is 15.2. The first-order valence-corrected chi connectivity index (χ1v) is 8.24. The third-order valence-electron chi connectivity index (χ3n) is 3.62. The first-order valence-electron chi connectivity index (χ1n) is 7.45. The number of ether oxygens (including phenoxy) is 1. The molecule has 1 aromatic carbocycles. The van der Waals surface area contributed by atoms with Crippen molar-refractivity contribution in [2.24, 2.45) is 0 Å². The first-order chi connectivity index (χ1) is 10.5. The summed E-state index contributed by atoms with van der Waals surface area (Å²) in [5.74, 6) is -0.751. The van der Waals surface area contributed by atoms with E-state index in [0.29, 0.717) is 0 Å². The molecule has 1 N–H and O–H groups in total. The van der Waals surface area contributed by atoms with Crippen molar-refractivity contribution in [1.29, 1.82) is 0 Å². The van der Waals surface area contributed by atoms with Crippen LogP contribution in [0.5, 0.6) is 0 Å². The molecule has 1 aromatic rings. The molecule has 1 aliphatic carbocycles. The number of amides is 1. The van der Waals surface area contributed by atoms with E-state index in [9.17, 15) is 9.59 Å². The van der Waals surface area contributed by atoms with Gasteiger partial charge in [0, 0.05) is 16.6 Å². The topological polar surface area (TPSA) is 55.4 Å². The molecular formula is C17H20BrNO3. The van der Waals surface area contributed by atoms with Crippen LogP contribution in [0.3, 0.4) is 0 Å². The third kappa shape index (κ3) is 5.30. The van der Waals surface area contributed by atoms with E-state index in [2.05, 4.69) is 21.2 Å². The number of benzene rings is 1. The van der Waals surface area contributed by atoms with Crippen molar-refractivity contribution in [1.82, 2.24) is 5.32 Å². The second-order valence-electron chi connectivity index (χ2n) is 5.51. The highest BCUT2D eigenvalue weighted by Crippen LogP contribution is 2.19. The van der Waals surface area contributed by atoms with Gasteiger partial charge in [0.05, 0.1) is 0 Å². The molecule has 2 rings (SSSR count). The van der Waals surface area contributed by atoms with E-state index < -0.39 is 5.97 Å². The molecule has 0 heterocycles. The minimum absolute atomic E-state index is 0.227. The summed E-state index contributed by atoms with van der Waals surface area (Å²) in [6.07, 6.45) is 7.33. The van der Waals surface area contributed by atoms with Crippen LogP contribution in [0, 0.1) is 6.92 Å². The number of hydrogen-bond acceptors (Lipinski definition) is 3. The van der Waals surface area contributed by atoms with Gasteiger partial charge in [0.1, 0.15) is 0 Å². The quantitative estimate of drug-likeness (QED) is 0.642. The summed E-state index contributed by atoms with van der Waals surface area (Å²) in [6, 6.07) is 6.09. The molecule has 5 heteroatoms. The second kappa shape index (κ2) is 8.13. The van der Waals surface area contributed by atoms with Crippen LogP contribution in [-0.2, 0) is 14.3 Å². The van der Waals surface area contributed by atoms with Gasteiger partial charge in [-0.25, -0.2) is 4.79 Å². The van der Waals surface area contributed by atoms with Gasteiger partial charge in [0.2, 0.25) is 0 Å². The van der Waals surface area contributed by atoms with Crippen LogP contribution < -0.4 is 5.32 Å². The average Bonchev–Trinajstić information content (AvgIpc) is 2.97. The number of carbonyl (C=O) groups excluding carboxylic acids is 2. The van der Waals surface area contributed by atoms with Crippen LogP contribution >= 0.6 is 15.9 Å². The van der Waals surface area contributed by atoms with E-state index in [4.69, 9.17) is 4.74 Å². The van der Waals surface area contributed by atoms with Crippen LogP contribution in [0.4, 0.5) is 0 Å². The number of hydrogen-bond donors (Lipinski definition) is 1. The molecule has 118 valence electrons. The fourth-order valence-electron chi connectivity index (χ4n) is 2.45. The monoisotopic (exact) mass is 365 g/mol. The Labute approximate surface area is 139 Å². The van der Waals surface area contributed by atoms with E-state index in [-0.39, 0.29) is 18.6 Å². The predicted molar refractivity (Wildman–Crippen MR) is 89.3 cm³/mol. The molecule has 4 nitrogen and oxygen atoms in total. The van der Waals surface area contributed by atoms with Gasteiger partial charge in [0.25, 0.3) is 5.91 Å². The number of esters is 1. The average molecular weight is 366 g/mol. The zero-order valence-corrected chi connectivity index (χ0v) is 14.2. The molecule has 1 amide bonds. The van der Waals surface area contributed by atoms with Crippen molar-refractivity contribution < 1.29 is 14.3 Å². The van der Waals surface area contributed by atoms with E-state index in [1.54, 1.807) is 6.08 Å². The van der Waals surface area contributed by atoms with Crippen molar-refractivity contribution in [3.05, 3.63) is 39.9 Å². The highest BCUT2D eigenvalue weighted by molar-refractivity contribution is 9.10. The number of halogens is 1. The molecular weight excluding hydrogens is 346 g/mol. The Morgan fingerprint density at radius 2 is 2.09 bits per heavy atom. The van der Waals surface area contributed by atoms with Gasteiger partial charge in [-0.3, -0.25) is 4.79 Å². The molecule has 1 aliphatic rings. The molecule has 0 aliphatic heterocycles. The lowest BCUT2D eigenvalue weighted by molar-refractivity contribution is -0.144. The smallest absolute Gasteiger partial charge is 0.331 e. The minimum atomic E-state index is -0.519. The maximum absolute atomic E-state index is 11.6. The molecule has 0 spiro atoms. The largest absolute Gasteiger partial charge is 0.452 e. The van der Waals surface area contributed by atoms with E-state index in [1.165, 1.54) is 6.08 Å². The van der Waals surface area contributed by atoms with Crippen LogP contribution in [0.1, 0.15) is 36.8 Å². The van der Waals surface area contributed by atoms with Gasteiger partial charge in [-0.2, -0.15) is 0 Å². The summed E-state index contributed by atoms with van der Waals surface area (Å²) >= 11 is 3.44. The Bertz CT molecular complexity index is 577. The van der Waals surface area contributed by atoms with Gasteiger partial charge in [-0.1, -0.05) is 40.9 Å².